The van der Waals surface area contributed by atoms with Crippen molar-refractivity contribution in [1.29, 1.82) is 0 Å². The summed E-state index contributed by atoms with van der Waals surface area (Å²) in [6.45, 7) is 2.63. The van der Waals surface area contributed by atoms with Gasteiger partial charge in [0, 0.05) is 6.54 Å². The van der Waals surface area contributed by atoms with Crippen molar-refractivity contribution in [3.63, 3.8) is 0 Å². The number of rotatable bonds is 1. The first kappa shape index (κ1) is 12.9. The lowest BCUT2D eigenvalue weighted by Gasteiger charge is -2.35. The third-order valence-corrected chi connectivity index (χ3v) is 3.96. The molecule has 3 rings (SSSR count). The first-order valence-electron chi connectivity index (χ1n) is 6.82. The second kappa shape index (κ2) is 5.08. The number of halogens is 1. The molecule has 2 aromatic rings. The molecule has 0 N–H and O–H groups in total. The van der Waals surface area contributed by atoms with E-state index in [1.807, 2.05) is 25.1 Å². The Kier molecular flexibility index (Phi) is 3.26. The molecule has 0 bridgehead atoms. The number of carbonyl (C=O) groups excluding carboxylic acids is 1. The standard InChI is InChI=1S/C17H16FNO/c1-12-14-7-3-2-6-13(14)10-11-19(12)17(20)15-8-4-5-9-16(15)18/h2-9,12H,10-11H2,1H3/t12-/m1/s1. The van der Waals surface area contributed by atoms with Crippen molar-refractivity contribution < 1.29 is 9.18 Å². The molecule has 3 heteroatoms. The van der Waals surface area contributed by atoms with E-state index < -0.39 is 5.82 Å². The minimum atomic E-state index is -0.455. The maximum Gasteiger partial charge on any atom is 0.257 e. The van der Waals surface area contributed by atoms with Crippen LogP contribution in [0.3, 0.4) is 0 Å². The summed E-state index contributed by atoms with van der Waals surface area (Å²) in [7, 11) is 0. The second-order valence-corrected chi connectivity index (χ2v) is 5.10. The van der Waals surface area contributed by atoms with Gasteiger partial charge in [-0.25, -0.2) is 4.39 Å². The van der Waals surface area contributed by atoms with Crippen LogP contribution >= 0.6 is 0 Å². The monoisotopic (exact) mass is 269 g/mol. The molecule has 2 aromatic carbocycles. The molecule has 0 saturated heterocycles. The van der Waals surface area contributed by atoms with E-state index >= 15 is 0 Å². The topological polar surface area (TPSA) is 20.3 Å². The van der Waals surface area contributed by atoms with Crippen molar-refractivity contribution in [2.24, 2.45) is 0 Å². The van der Waals surface area contributed by atoms with Gasteiger partial charge in [-0.3, -0.25) is 4.79 Å². The summed E-state index contributed by atoms with van der Waals surface area (Å²) < 4.78 is 13.8. The molecule has 1 aliphatic heterocycles. The zero-order valence-electron chi connectivity index (χ0n) is 11.3. The predicted molar refractivity (Wildman–Crippen MR) is 76.0 cm³/mol. The van der Waals surface area contributed by atoms with Crippen LogP contribution in [-0.4, -0.2) is 17.4 Å². The van der Waals surface area contributed by atoms with Gasteiger partial charge in [-0.1, -0.05) is 36.4 Å². The van der Waals surface area contributed by atoms with E-state index in [0.29, 0.717) is 6.54 Å². The van der Waals surface area contributed by atoms with Crippen LogP contribution < -0.4 is 0 Å². The van der Waals surface area contributed by atoms with E-state index in [1.54, 1.807) is 23.1 Å². The Hall–Kier alpha value is -2.16. The molecule has 1 amide bonds. The first-order chi connectivity index (χ1) is 9.68. The summed E-state index contributed by atoms with van der Waals surface area (Å²) in [4.78, 5) is 14.3. The highest BCUT2D eigenvalue weighted by molar-refractivity contribution is 5.95. The Morgan fingerprint density at radius 3 is 2.65 bits per heavy atom. The van der Waals surface area contributed by atoms with E-state index in [-0.39, 0.29) is 17.5 Å². The molecule has 0 aliphatic carbocycles. The first-order valence-corrected chi connectivity index (χ1v) is 6.82. The Morgan fingerprint density at radius 1 is 1.15 bits per heavy atom. The molecule has 1 heterocycles. The zero-order chi connectivity index (χ0) is 14.1. The average molecular weight is 269 g/mol. The third kappa shape index (κ3) is 2.09. The molecule has 102 valence electrons. The fourth-order valence-electron chi connectivity index (χ4n) is 2.84. The van der Waals surface area contributed by atoms with Crippen LogP contribution in [0.25, 0.3) is 0 Å². The number of benzene rings is 2. The maximum absolute atomic E-state index is 13.8. The lowest BCUT2D eigenvalue weighted by Crippen LogP contribution is -2.39. The Balaban J connectivity index is 1.93. The number of hydrogen-bond donors (Lipinski definition) is 0. The summed E-state index contributed by atoms with van der Waals surface area (Å²) in [5, 5.41) is 0. The highest BCUT2D eigenvalue weighted by Gasteiger charge is 2.28. The van der Waals surface area contributed by atoms with Gasteiger partial charge in [-0.15, -0.1) is 0 Å². The second-order valence-electron chi connectivity index (χ2n) is 5.10. The SMILES string of the molecule is C[C@@H]1c2ccccc2CCN1C(=O)c1ccccc1F. The third-order valence-electron chi connectivity index (χ3n) is 3.96. The highest BCUT2D eigenvalue weighted by Crippen LogP contribution is 2.30. The van der Waals surface area contributed by atoms with Crippen molar-refractivity contribution in [2.75, 3.05) is 6.54 Å². The summed E-state index contributed by atoms with van der Waals surface area (Å²) in [6, 6.07) is 14.3. The van der Waals surface area contributed by atoms with Crippen molar-refractivity contribution in [3.05, 3.63) is 71.0 Å². The van der Waals surface area contributed by atoms with Gasteiger partial charge in [0.05, 0.1) is 11.6 Å². The van der Waals surface area contributed by atoms with E-state index in [1.165, 1.54) is 11.6 Å². The van der Waals surface area contributed by atoms with Crippen molar-refractivity contribution in [3.8, 4) is 0 Å². The Labute approximate surface area is 117 Å². The summed E-state index contributed by atoms with van der Waals surface area (Å²) in [6.07, 6.45) is 0.820. The minimum absolute atomic E-state index is 0.0212. The number of amides is 1. The quantitative estimate of drug-likeness (QED) is 0.774. The molecule has 1 aliphatic rings. The zero-order valence-corrected chi connectivity index (χ0v) is 11.3. The molecular weight excluding hydrogens is 253 g/mol. The predicted octanol–water partition coefficient (Wildman–Crippen LogP) is 3.59. The van der Waals surface area contributed by atoms with Gasteiger partial charge in [-0.2, -0.15) is 0 Å². The lowest BCUT2D eigenvalue weighted by atomic mass is 9.93. The van der Waals surface area contributed by atoms with Gasteiger partial charge in [0.25, 0.3) is 5.91 Å². The number of nitrogens with zero attached hydrogens (tertiary/aromatic N) is 1. The fraction of sp³-hybridized carbons (Fsp3) is 0.235. The van der Waals surface area contributed by atoms with Crippen molar-refractivity contribution >= 4 is 5.91 Å². The largest absolute Gasteiger partial charge is 0.331 e. The number of fused-ring (bicyclic) bond motifs is 1. The number of hydrogen-bond acceptors (Lipinski definition) is 1. The maximum atomic E-state index is 13.8. The average Bonchev–Trinajstić information content (AvgIpc) is 2.48. The van der Waals surface area contributed by atoms with E-state index in [0.717, 1.165) is 12.0 Å². The van der Waals surface area contributed by atoms with Crippen LogP contribution in [0.2, 0.25) is 0 Å². The van der Waals surface area contributed by atoms with Crippen LogP contribution in [0.15, 0.2) is 48.5 Å². The van der Waals surface area contributed by atoms with Gasteiger partial charge in [-0.05, 0) is 36.6 Å². The van der Waals surface area contributed by atoms with Crippen LogP contribution in [0.1, 0.15) is 34.5 Å². The smallest absolute Gasteiger partial charge is 0.257 e. The molecular formula is C17H16FNO. The normalized spacial score (nSPS) is 17.7. The van der Waals surface area contributed by atoms with Crippen molar-refractivity contribution in [1.82, 2.24) is 4.90 Å². The molecule has 2 nitrogen and oxygen atoms in total. The molecule has 0 radical (unpaired) electrons. The Bertz CT molecular complexity index is 653. The number of carbonyl (C=O) groups is 1. The molecule has 1 atom stereocenters. The van der Waals surface area contributed by atoms with Gasteiger partial charge in [0.15, 0.2) is 0 Å². The van der Waals surface area contributed by atoms with Crippen LogP contribution in [0, 0.1) is 5.82 Å². The summed E-state index contributed by atoms with van der Waals surface area (Å²) >= 11 is 0. The van der Waals surface area contributed by atoms with Crippen LogP contribution in [0.5, 0.6) is 0 Å². The summed E-state index contributed by atoms with van der Waals surface area (Å²) in [5.74, 6) is -0.686. The van der Waals surface area contributed by atoms with E-state index in [4.69, 9.17) is 0 Å². The molecule has 0 fully saturated rings. The lowest BCUT2D eigenvalue weighted by molar-refractivity contribution is 0.0673. The van der Waals surface area contributed by atoms with E-state index in [9.17, 15) is 9.18 Å². The van der Waals surface area contributed by atoms with Crippen molar-refractivity contribution in [2.45, 2.75) is 19.4 Å². The highest BCUT2D eigenvalue weighted by atomic mass is 19.1. The van der Waals surface area contributed by atoms with E-state index in [2.05, 4.69) is 6.07 Å². The van der Waals surface area contributed by atoms with Gasteiger partial charge < -0.3 is 4.90 Å². The van der Waals surface area contributed by atoms with Crippen LogP contribution in [-0.2, 0) is 6.42 Å². The summed E-state index contributed by atoms with van der Waals surface area (Å²) in [5.41, 5.74) is 2.58. The van der Waals surface area contributed by atoms with Gasteiger partial charge in [0.1, 0.15) is 5.82 Å². The molecule has 0 spiro atoms. The van der Waals surface area contributed by atoms with Crippen LogP contribution in [0.4, 0.5) is 4.39 Å². The molecule has 0 saturated carbocycles. The molecule has 0 unspecified atom stereocenters. The Morgan fingerprint density at radius 2 is 1.85 bits per heavy atom. The molecule has 0 aromatic heterocycles. The van der Waals surface area contributed by atoms with Gasteiger partial charge in [0.2, 0.25) is 0 Å². The minimum Gasteiger partial charge on any atom is -0.331 e. The fourth-order valence-corrected chi connectivity index (χ4v) is 2.84. The molecule has 20 heavy (non-hydrogen) atoms. The van der Waals surface area contributed by atoms with Gasteiger partial charge >= 0.3 is 0 Å².